The van der Waals surface area contributed by atoms with Crippen LogP contribution >= 0.6 is 11.6 Å². The third-order valence-electron chi connectivity index (χ3n) is 2.10. The number of rotatable bonds is 4. The fraction of sp³-hybridized carbons (Fsp3) is 0.182. The Morgan fingerprint density at radius 1 is 1.44 bits per heavy atom. The van der Waals surface area contributed by atoms with Crippen LogP contribution in [0.15, 0.2) is 35.2 Å². The lowest BCUT2D eigenvalue weighted by molar-refractivity contribution is 0.301. The number of pyridine rings is 1. The van der Waals surface area contributed by atoms with E-state index in [0.717, 1.165) is 11.3 Å². The molecule has 0 aromatic carbocycles. The fourth-order valence-electron chi connectivity index (χ4n) is 1.31. The molecular formula is C11H11ClN2O2. The number of ether oxygens (including phenoxy) is 1. The monoisotopic (exact) mass is 238 g/mol. The third kappa shape index (κ3) is 2.53. The molecule has 2 aromatic heterocycles. The Labute approximate surface area is 98.0 Å². The lowest BCUT2D eigenvalue weighted by atomic mass is 10.2. The van der Waals surface area contributed by atoms with Crippen LogP contribution in [0.25, 0.3) is 0 Å². The second kappa shape index (κ2) is 5.01. The molecular weight excluding hydrogens is 228 g/mol. The maximum atomic E-state index is 5.78. The summed E-state index contributed by atoms with van der Waals surface area (Å²) in [6, 6.07) is 3.54. The number of nitrogens with two attached hydrogens (primary N) is 1. The van der Waals surface area contributed by atoms with Crippen molar-refractivity contribution in [1.82, 2.24) is 4.98 Å². The Morgan fingerprint density at radius 3 is 3.06 bits per heavy atom. The summed E-state index contributed by atoms with van der Waals surface area (Å²) in [5.74, 6) is 1.35. The van der Waals surface area contributed by atoms with Crippen LogP contribution < -0.4 is 10.5 Å². The number of aromatic nitrogens is 1. The van der Waals surface area contributed by atoms with E-state index in [1.54, 1.807) is 24.7 Å². The highest BCUT2D eigenvalue weighted by atomic mass is 35.5. The van der Waals surface area contributed by atoms with Gasteiger partial charge in [0.05, 0.1) is 24.0 Å². The van der Waals surface area contributed by atoms with Gasteiger partial charge in [-0.15, -0.1) is 0 Å². The minimum Gasteiger partial charge on any atom is -0.487 e. The molecule has 0 saturated heterocycles. The summed E-state index contributed by atoms with van der Waals surface area (Å²) in [4.78, 5) is 3.92. The van der Waals surface area contributed by atoms with Crippen LogP contribution in [0, 0.1) is 0 Å². The van der Waals surface area contributed by atoms with Crippen molar-refractivity contribution < 1.29 is 9.15 Å². The highest BCUT2D eigenvalue weighted by Gasteiger charge is 2.05. The normalized spacial score (nSPS) is 10.4. The van der Waals surface area contributed by atoms with Gasteiger partial charge >= 0.3 is 0 Å². The predicted octanol–water partition coefficient (Wildman–Crippen LogP) is 2.37. The zero-order chi connectivity index (χ0) is 11.4. The summed E-state index contributed by atoms with van der Waals surface area (Å²) in [5.41, 5.74) is 6.44. The van der Waals surface area contributed by atoms with Crippen molar-refractivity contribution >= 4 is 11.6 Å². The molecule has 0 atom stereocenters. The molecule has 0 aliphatic rings. The van der Waals surface area contributed by atoms with Crippen molar-refractivity contribution in [3.63, 3.8) is 0 Å². The second-order valence-corrected chi connectivity index (χ2v) is 3.64. The Balaban J connectivity index is 2.02. The Morgan fingerprint density at radius 2 is 2.31 bits per heavy atom. The first-order valence-electron chi connectivity index (χ1n) is 4.78. The van der Waals surface area contributed by atoms with Crippen molar-refractivity contribution in [3.05, 3.63) is 47.1 Å². The highest BCUT2D eigenvalue weighted by molar-refractivity contribution is 6.30. The highest BCUT2D eigenvalue weighted by Crippen LogP contribution is 2.18. The molecule has 84 valence electrons. The summed E-state index contributed by atoms with van der Waals surface area (Å²) in [6.45, 7) is 0.755. The lowest BCUT2D eigenvalue weighted by Gasteiger charge is -2.05. The van der Waals surface area contributed by atoms with E-state index >= 15 is 0 Å². The Bertz CT molecular complexity index is 471. The molecule has 0 radical (unpaired) electrons. The molecule has 0 aliphatic heterocycles. The molecule has 16 heavy (non-hydrogen) atoms. The standard InChI is InChI=1S/C11H11ClN2O2/c12-9-3-10(6-14-5-9)16-7-8-1-2-15-11(8)4-13/h1-3,5-6H,4,7,13H2. The van der Waals surface area contributed by atoms with Gasteiger partial charge in [0.15, 0.2) is 0 Å². The quantitative estimate of drug-likeness (QED) is 0.888. The fourth-order valence-corrected chi connectivity index (χ4v) is 1.47. The van der Waals surface area contributed by atoms with Crippen LogP contribution in [0.3, 0.4) is 0 Å². The largest absolute Gasteiger partial charge is 0.487 e. The maximum Gasteiger partial charge on any atom is 0.139 e. The van der Waals surface area contributed by atoms with Gasteiger partial charge in [-0.25, -0.2) is 0 Å². The summed E-state index contributed by atoms with van der Waals surface area (Å²) in [5, 5.41) is 0.545. The maximum absolute atomic E-state index is 5.78. The first-order valence-corrected chi connectivity index (χ1v) is 5.16. The van der Waals surface area contributed by atoms with E-state index in [-0.39, 0.29) is 0 Å². The van der Waals surface area contributed by atoms with Crippen LogP contribution in [0.5, 0.6) is 5.75 Å². The average Bonchev–Trinajstić information content (AvgIpc) is 2.74. The zero-order valence-electron chi connectivity index (χ0n) is 8.52. The summed E-state index contributed by atoms with van der Waals surface area (Å²) < 4.78 is 10.7. The van der Waals surface area contributed by atoms with E-state index in [1.807, 2.05) is 6.07 Å². The zero-order valence-corrected chi connectivity index (χ0v) is 9.28. The van der Waals surface area contributed by atoms with Crippen molar-refractivity contribution in [3.8, 4) is 5.75 Å². The van der Waals surface area contributed by atoms with Gasteiger partial charge in [0, 0.05) is 17.8 Å². The van der Waals surface area contributed by atoms with Crippen LogP contribution in [-0.2, 0) is 13.2 Å². The summed E-state index contributed by atoms with van der Waals surface area (Å²) in [7, 11) is 0. The van der Waals surface area contributed by atoms with Crippen molar-refractivity contribution in [2.75, 3.05) is 0 Å². The Kier molecular flexibility index (Phi) is 3.44. The van der Waals surface area contributed by atoms with E-state index in [1.165, 1.54) is 0 Å². The lowest BCUT2D eigenvalue weighted by Crippen LogP contribution is -2.02. The van der Waals surface area contributed by atoms with Crippen molar-refractivity contribution in [2.24, 2.45) is 5.73 Å². The summed E-state index contributed by atoms with van der Waals surface area (Å²) >= 11 is 5.78. The van der Waals surface area contributed by atoms with Gasteiger partial charge < -0.3 is 14.9 Å². The molecule has 0 saturated carbocycles. The van der Waals surface area contributed by atoms with Gasteiger partial charge in [-0.2, -0.15) is 0 Å². The molecule has 2 N–H and O–H groups in total. The minimum absolute atomic E-state index is 0.361. The van der Waals surface area contributed by atoms with E-state index in [9.17, 15) is 0 Å². The van der Waals surface area contributed by atoms with Crippen LogP contribution in [0.2, 0.25) is 5.02 Å². The number of furan rings is 1. The third-order valence-corrected chi connectivity index (χ3v) is 2.30. The van der Waals surface area contributed by atoms with Gasteiger partial charge in [0.25, 0.3) is 0 Å². The first-order chi connectivity index (χ1) is 7.79. The first kappa shape index (κ1) is 11.0. The Hall–Kier alpha value is -1.52. The summed E-state index contributed by atoms with van der Waals surface area (Å²) in [6.07, 6.45) is 4.75. The average molecular weight is 239 g/mol. The smallest absolute Gasteiger partial charge is 0.139 e. The van der Waals surface area contributed by atoms with Crippen LogP contribution in [0.4, 0.5) is 0 Å². The van der Waals surface area contributed by atoms with E-state index in [0.29, 0.717) is 23.9 Å². The predicted molar refractivity (Wildman–Crippen MR) is 60.2 cm³/mol. The van der Waals surface area contributed by atoms with Crippen molar-refractivity contribution in [1.29, 1.82) is 0 Å². The number of hydrogen-bond donors (Lipinski definition) is 1. The number of halogens is 1. The molecule has 0 bridgehead atoms. The van der Waals surface area contributed by atoms with E-state index in [2.05, 4.69) is 4.98 Å². The molecule has 2 aromatic rings. The van der Waals surface area contributed by atoms with Crippen LogP contribution in [-0.4, -0.2) is 4.98 Å². The van der Waals surface area contributed by atoms with Gasteiger partial charge in [0.1, 0.15) is 18.1 Å². The topological polar surface area (TPSA) is 61.3 Å². The molecule has 2 rings (SSSR count). The minimum atomic E-state index is 0.361. The SMILES string of the molecule is NCc1occc1COc1cncc(Cl)c1. The van der Waals surface area contributed by atoms with Gasteiger partial charge in [-0.3, -0.25) is 4.98 Å². The van der Waals surface area contributed by atoms with Gasteiger partial charge in [-0.05, 0) is 6.07 Å². The molecule has 0 unspecified atom stereocenters. The molecule has 2 heterocycles. The van der Waals surface area contributed by atoms with Gasteiger partial charge in [-0.1, -0.05) is 11.6 Å². The molecule has 0 spiro atoms. The van der Waals surface area contributed by atoms with E-state index in [4.69, 9.17) is 26.5 Å². The number of nitrogens with zero attached hydrogens (tertiary/aromatic N) is 1. The molecule has 0 amide bonds. The molecule has 4 nitrogen and oxygen atoms in total. The number of hydrogen-bond acceptors (Lipinski definition) is 4. The van der Waals surface area contributed by atoms with E-state index < -0.39 is 0 Å². The molecule has 0 aliphatic carbocycles. The van der Waals surface area contributed by atoms with Crippen LogP contribution in [0.1, 0.15) is 11.3 Å². The second-order valence-electron chi connectivity index (χ2n) is 3.20. The van der Waals surface area contributed by atoms with Crippen molar-refractivity contribution in [2.45, 2.75) is 13.2 Å². The molecule has 5 heteroatoms. The van der Waals surface area contributed by atoms with Gasteiger partial charge in [0.2, 0.25) is 0 Å². The molecule has 0 fully saturated rings.